The third-order valence-electron chi connectivity index (χ3n) is 7.00. The van der Waals surface area contributed by atoms with Crippen LogP contribution in [0, 0.1) is 5.92 Å². The van der Waals surface area contributed by atoms with Gasteiger partial charge in [0.15, 0.2) is 5.92 Å². The number of esters is 1. The van der Waals surface area contributed by atoms with Crippen LogP contribution >= 0.6 is 11.3 Å². The van der Waals surface area contributed by atoms with Gasteiger partial charge in [-0.25, -0.2) is 4.79 Å². The zero-order valence-electron chi connectivity index (χ0n) is 19.9. The minimum atomic E-state index is -4.59. The number of benzene rings is 2. The minimum absolute atomic E-state index is 0.0501. The summed E-state index contributed by atoms with van der Waals surface area (Å²) in [6.45, 7) is -0.295. The summed E-state index contributed by atoms with van der Waals surface area (Å²) in [5.41, 5.74) is 0.504. The second-order valence-electron chi connectivity index (χ2n) is 9.04. The number of thiazole rings is 1. The number of hydrogen-bond acceptors (Lipinski definition) is 6. The number of urea groups is 1. The van der Waals surface area contributed by atoms with Crippen LogP contribution < -0.4 is 9.77 Å². The average molecular weight is 534 g/mol. The number of carbonyl (C=O) groups is 3. The van der Waals surface area contributed by atoms with E-state index < -0.39 is 41.6 Å². The number of amides is 3. The van der Waals surface area contributed by atoms with E-state index in [9.17, 15) is 32.3 Å². The molecule has 0 radical (unpaired) electrons. The number of carbonyl (C=O) groups excluding carboxylic acids is 3. The second kappa shape index (κ2) is 9.02. The van der Waals surface area contributed by atoms with Crippen molar-refractivity contribution in [3.63, 3.8) is 0 Å². The predicted octanol–water partition coefficient (Wildman–Crippen LogP) is 4.25. The normalized spacial score (nSPS) is 20.4. The molecule has 0 spiro atoms. The SMILES string of the molecule is COC(=O)C1CN(c2ccc3c(c2)sc(=O)n3C)C(=O)N([C@@H]2CCCc3c2cccc3C(F)(F)F)C1=O. The molecule has 1 aromatic heterocycles. The number of aryl methyl sites for hydroxylation is 1. The zero-order chi connectivity index (χ0) is 26.6. The highest BCUT2D eigenvalue weighted by Crippen LogP contribution is 2.43. The van der Waals surface area contributed by atoms with Gasteiger partial charge in [0.2, 0.25) is 5.91 Å². The van der Waals surface area contributed by atoms with Crippen LogP contribution in [0.1, 0.15) is 35.6 Å². The Bertz CT molecular complexity index is 1490. The molecule has 2 aliphatic rings. The summed E-state index contributed by atoms with van der Waals surface area (Å²) in [5.74, 6) is -3.02. The van der Waals surface area contributed by atoms with Gasteiger partial charge < -0.3 is 9.30 Å². The number of fused-ring (bicyclic) bond motifs is 2. The van der Waals surface area contributed by atoms with E-state index >= 15 is 0 Å². The monoisotopic (exact) mass is 533 g/mol. The van der Waals surface area contributed by atoms with E-state index in [0.29, 0.717) is 22.3 Å². The molecule has 1 saturated heterocycles. The van der Waals surface area contributed by atoms with E-state index in [4.69, 9.17) is 4.74 Å². The molecule has 3 amide bonds. The third kappa shape index (κ3) is 4.08. The molecule has 0 saturated carbocycles. The zero-order valence-corrected chi connectivity index (χ0v) is 20.7. The average Bonchev–Trinajstić information content (AvgIpc) is 3.15. The number of halogens is 3. The fraction of sp³-hybridized carbons (Fsp3) is 0.360. The number of rotatable bonds is 3. The fourth-order valence-electron chi connectivity index (χ4n) is 5.20. The molecular weight excluding hydrogens is 511 g/mol. The Kier molecular flexibility index (Phi) is 6.09. The Morgan fingerprint density at radius 2 is 1.89 bits per heavy atom. The van der Waals surface area contributed by atoms with E-state index in [2.05, 4.69) is 0 Å². The summed E-state index contributed by atoms with van der Waals surface area (Å²) in [7, 11) is 2.75. The van der Waals surface area contributed by atoms with Gasteiger partial charge in [-0.1, -0.05) is 23.5 Å². The van der Waals surface area contributed by atoms with Crippen LogP contribution in [0.2, 0.25) is 0 Å². The van der Waals surface area contributed by atoms with E-state index in [1.54, 1.807) is 25.2 Å². The Morgan fingerprint density at radius 1 is 1.14 bits per heavy atom. The van der Waals surface area contributed by atoms with Gasteiger partial charge in [0.05, 0.1) is 35.5 Å². The van der Waals surface area contributed by atoms with Gasteiger partial charge in [-0.15, -0.1) is 0 Å². The highest BCUT2D eigenvalue weighted by molar-refractivity contribution is 7.16. The summed E-state index contributed by atoms with van der Waals surface area (Å²) >= 11 is 0.984. The van der Waals surface area contributed by atoms with Crippen LogP contribution in [0.15, 0.2) is 41.2 Å². The molecule has 2 heterocycles. The largest absolute Gasteiger partial charge is 0.468 e. The number of imide groups is 1. The van der Waals surface area contributed by atoms with Crippen molar-refractivity contribution in [2.45, 2.75) is 31.5 Å². The molecule has 8 nitrogen and oxygen atoms in total. The molecule has 12 heteroatoms. The maximum Gasteiger partial charge on any atom is 0.416 e. The van der Waals surface area contributed by atoms with Crippen LogP contribution in [0.4, 0.5) is 23.7 Å². The van der Waals surface area contributed by atoms with E-state index in [1.807, 2.05) is 0 Å². The van der Waals surface area contributed by atoms with E-state index in [-0.39, 0.29) is 35.4 Å². The first kappa shape index (κ1) is 25.0. The van der Waals surface area contributed by atoms with Crippen molar-refractivity contribution >= 4 is 45.1 Å². The highest BCUT2D eigenvalue weighted by Gasteiger charge is 2.48. The van der Waals surface area contributed by atoms with Gasteiger partial charge in [-0.2, -0.15) is 13.2 Å². The van der Waals surface area contributed by atoms with Crippen molar-refractivity contribution in [2.24, 2.45) is 13.0 Å². The Labute approximate surface area is 212 Å². The summed E-state index contributed by atoms with van der Waals surface area (Å²) < 4.78 is 48.0. The van der Waals surface area contributed by atoms with Gasteiger partial charge in [0.25, 0.3) is 0 Å². The second-order valence-corrected chi connectivity index (χ2v) is 10.0. The van der Waals surface area contributed by atoms with Crippen LogP contribution in [0.3, 0.4) is 0 Å². The lowest BCUT2D eigenvalue weighted by molar-refractivity contribution is -0.153. The molecule has 194 valence electrons. The Hall–Kier alpha value is -3.67. The molecule has 1 aliphatic carbocycles. The molecule has 2 atom stereocenters. The molecule has 0 N–H and O–H groups in total. The number of nitrogens with zero attached hydrogens (tertiary/aromatic N) is 3. The molecule has 5 rings (SSSR count). The lowest BCUT2D eigenvalue weighted by atomic mass is 9.83. The van der Waals surface area contributed by atoms with Gasteiger partial charge in [0.1, 0.15) is 0 Å². The van der Waals surface area contributed by atoms with Crippen LogP contribution in [-0.4, -0.2) is 41.0 Å². The highest BCUT2D eigenvalue weighted by atomic mass is 32.1. The molecule has 37 heavy (non-hydrogen) atoms. The fourth-order valence-corrected chi connectivity index (χ4v) is 6.11. The Balaban J connectivity index is 1.61. The number of aromatic nitrogens is 1. The quantitative estimate of drug-likeness (QED) is 0.371. The van der Waals surface area contributed by atoms with Crippen LogP contribution in [0.5, 0.6) is 0 Å². The maximum absolute atomic E-state index is 13.8. The van der Waals surface area contributed by atoms with Crippen LogP contribution in [-0.2, 0) is 34.0 Å². The van der Waals surface area contributed by atoms with Crippen molar-refractivity contribution < 1.29 is 32.3 Å². The standard InChI is InChI=1S/C25H22F3N3O5S/c1-29-19-10-9-13(11-20(19)37-24(29)35)30-12-16(22(33)36-2)21(32)31(23(30)34)18-8-4-5-14-15(18)6-3-7-17(14)25(26,27)28/h3,6-7,9-11,16,18H,4-5,8,12H2,1-2H3/t16?,18-/m1/s1. The van der Waals surface area contributed by atoms with Gasteiger partial charge in [-0.3, -0.25) is 24.2 Å². The molecule has 3 aromatic rings. The summed E-state index contributed by atoms with van der Waals surface area (Å²) in [6, 6.07) is 6.92. The number of hydrogen-bond donors (Lipinski definition) is 0. The number of alkyl halides is 3. The number of anilines is 1. The first-order chi connectivity index (χ1) is 17.5. The van der Waals surface area contributed by atoms with Crippen molar-refractivity contribution in [3.8, 4) is 0 Å². The molecule has 0 bridgehead atoms. The topological polar surface area (TPSA) is 88.9 Å². The van der Waals surface area contributed by atoms with Crippen molar-refractivity contribution in [1.29, 1.82) is 0 Å². The first-order valence-electron chi connectivity index (χ1n) is 11.5. The van der Waals surface area contributed by atoms with Crippen LogP contribution in [0.25, 0.3) is 10.2 Å². The third-order valence-corrected chi connectivity index (χ3v) is 8.00. The van der Waals surface area contributed by atoms with Gasteiger partial charge >= 0.3 is 23.0 Å². The summed E-state index contributed by atoms with van der Waals surface area (Å²) in [4.78, 5) is 53.9. The molecule has 2 aromatic carbocycles. The molecule has 1 unspecified atom stereocenters. The lowest BCUT2D eigenvalue weighted by Crippen LogP contribution is -2.60. The van der Waals surface area contributed by atoms with E-state index in [1.165, 1.54) is 21.6 Å². The lowest BCUT2D eigenvalue weighted by Gasteiger charge is -2.43. The number of ether oxygens (including phenoxy) is 1. The van der Waals surface area contributed by atoms with Crippen molar-refractivity contribution in [2.75, 3.05) is 18.6 Å². The molecule has 1 aliphatic heterocycles. The smallest absolute Gasteiger partial charge is 0.416 e. The first-order valence-corrected chi connectivity index (χ1v) is 12.4. The van der Waals surface area contributed by atoms with E-state index in [0.717, 1.165) is 29.4 Å². The van der Waals surface area contributed by atoms with Crippen molar-refractivity contribution in [3.05, 3.63) is 62.8 Å². The van der Waals surface area contributed by atoms with Gasteiger partial charge in [0, 0.05) is 12.7 Å². The maximum atomic E-state index is 13.8. The molecular formula is C25H22F3N3O5S. The number of methoxy groups -OCH3 is 1. The minimum Gasteiger partial charge on any atom is -0.468 e. The summed E-state index contributed by atoms with van der Waals surface area (Å²) in [6.07, 6.45) is -3.84. The van der Waals surface area contributed by atoms with Gasteiger partial charge in [-0.05, 0) is 54.7 Å². The Morgan fingerprint density at radius 3 is 2.59 bits per heavy atom. The predicted molar refractivity (Wildman–Crippen MR) is 129 cm³/mol. The van der Waals surface area contributed by atoms with Crippen molar-refractivity contribution in [1.82, 2.24) is 9.47 Å². The molecule has 1 fully saturated rings. The summed E-state index contributed by atoms with van der Waals surface area (Å²) in [5, 5.41) is 0.